The van der Waals surface area contributed by atoms with Crippen molar-refractivity contribution in [3.8, 4) is 11.5 Å². The molecular weight excluding hydrogens is 598 g/mol. The third kappa shape index (κ3) is 5.85. The SMILES string of the molecule is COc1ccc(C(OC[C@H]2O[C@@H](n3ccc(=O)[nH]c3=O)[C@H](F)[C@]2(O)O[PH](=O)O)(c2ccccc2)c2ccc(OC)cc2)cc1. The number of alkyl halides is 1. The first-order chi connectivity index (χ1) is 21.1. The van der Waals surface area contributed by atoms with Crippen molar-refractivity contribution >= 4 is 8.25 Å². The lowest BCUT2D eigenvalue weighted by Crippen LogP contribution is -2.50. The van der Waals surface area contributed by atoms with Crippen LogP contribution >= 0.6 is 8.25 Å². The fourth-order valence-corrected chi connectivity index (χ4v) is 5.77. The minimum Gasteiger partial charge on any atom is -0.497 e. The predicted octanol–water partition coefficient (Wildman–Crippen LogP) is 2.89. The number of aliphatic hydroxyl groups is 1. The van der Waals surface area contributed by atoms with Crippen LogP contribution in [0.1, 0.15) is 22.9 Å². The Hall–Kier alpha value is -4.10. The number of hydrogen-bond acceptors (Lipinski definition) is 9. The van der Waals surface area contributed by atoms with Crippen LogP contribution in [0.2, 0.25) is 0 Å². The summed E-state index contributed by atoms with van der Waals surface area (Å²) in [5.41, 5.74) is -1.33. The van der Waals surface area contributed by atoms with Crippen LogP contribution in [0.4, 0.5) is 4.39 Å². The lowest BCUT2D eigenvalue weighted by Gasteiger charge is -2.38. The summed E-state index contributed by atoms with van der Waals surface area (Å²) in [6.07, 6.45) is -5.14. The van der Waals surface area contributed by atoms with Gasteiger partial charge in [-0.3, -0.25) is 23.4 Å². The number of benzene rings is 3. The number of halogens is 1. The Morgan fingerprint density at radius 3 is 1.98 bits per heavy atom. The van der Waals surface area contributed by atoms with Gasteiger partial charge in [-0.2, -0.15) is 0 Å². The quantitative estimate of drug-likeness (QED) is 0.128. The van der Waals surface area contributed by atoms with E-state index in [1.54, 1.807) is 60.7 Å². The molecule has 0 spiro atoms. The molecule has 3 N–H and O–H groups in total. The van der Waals surface area contributed by atoms with Gasteiger partial charge in [0, 0.05) is 12.3 Å². The van der Waals surface area contributed by atoms with E-state index in [2.05, 4.69) is 0 Å². The van der Waals surface area contributed by atoms with Crippen LogP contribution in [-0.4, -0.2) is 58.4 Å². The molecule has 14 heteroatoms. The molecule has 0 bridgehead atoms. The lowest BCUT2D eigenvalue weighted by atomic mass is 9.80. The molecule has 1 aliphatic heterocycles. The second kappa shape index (κ2) is 12.9. The summed E-state index contributed by atoms with van der Waals surface area (Å²) in [6.45, 7) is -0.604. The fourth-order valence-electron chi connectivity index (χ4n) is 5.25. The summed E-state index contributed by atoms with van der Waals surface area (Å²) < 4.78 is 56.3. The largest absolute Gasteiger partial charge is 0.497 e. The topological polar surface area (TPSA) is 159 Å². The summed E-state index contributed by atoms with van der Waals surface area (Å²) >= 11 is 0. The monoisotopic (exact) mass is 628 g/mol. The number of aromatic nitrogens is 2. The van der Waals surface area contributed by atoms with Gasteiger partial charge >= 0.3 is 13.9 Å². The molecular formula is C30H30FN2O10P. The van der Waals surface area contributed by atoms with E-state index in [9.17, 15) is 24.2 Å². The number of ether oxygens (including phenoxy) is 4. The normalized spacial score (nSPS) is 22.4. The zero-order valence-corrected chi connectivity index (χ0v) is 24.6. The maximum atomic E-state index is 15.9. The lowest BCUT2D eigenvalue weighted by molar-refractivity contribution is -0.214. The zero-order chi connectivity index (χ0) is 31.5. The van der Waals surface area contributed by atoms with E-state index >= 15 is 4.39 Å². The van der Waals surface area contributed by atoms with Crippen molar-refractivity contribution in [2.45, 2.75) is 29.9 Å². The van der Waals surface area contributed by atoms with Gasteiger partial charge in [-0.25, -0.2) is 9.18 Å². The average Bonchev–Trinajstić information content (AvgIpc) is 3.26. The van der Waals surface area contributed by atoms with Gasteiger partial charge in [0.15, 0.2) is 6.23 Å². The number of methoxy groups -OCH3 is 2. The van der Waals surface area contributed by atoms with Gasteiger partial charge in [0.2, 0.25) is 12.0 Å². The van der Waals surface area contributed by atoms with Crippen molar-refractivity contribution < 1.29 is 42.4 Å². The predicted molar refractivity (Wildman–Crippen MR) is 156 cm³/mol. The van der Waals surface area contributed by atoms with E-state index < -0.39 is 56.0 Å². The Morgan fingerprint density at radius 1 is 0.932 bits per heavy atom. The molecule has 0 aliphatic carbocycles. The van der Waals surface area contributed by atoms with E-state index in [1.165, 1.54) is 14.2 Å². The minimum absolute atomic E-state index is 0.579. The summed E-state index contributed by atoms with van der Waals surface area (Å²) in [7, 11) is -0.874. The molecule has 232 valence electrons. The van der Waals surface area contributed by atoms with Gasteiger partial charge in [0.1, 0.15) is 23.2 Å². The molecule has 4 aromatic rings. The highest BCUT2D eigenvalue weighted by Crippen LogP contribution is 2.47. The van der Waals surface area contributed by atoms with Crippen molar-refractivity contribution in [1.82, 2.24) is 9.55 Å². The molecule has 2 heterocycles. The van der Waals surface area contributed by atoms with Gasteiger partial charge < -0.3 is 28.9 Å². The highest BCUT2D eigenvalue weighted by atomic mass is 31.1. The van der Waals surface area contributed by atoms with Crippen molar-refractivity contribution in [2.75, 3.05) is 20.8 Å². The van der Waals surface area contributed by atoms with Gasteiger partial charge in [-0.1, -0.05) is 54.6 Å². The molecule has 0 amide bonds. The molecule has 1 aliphatic rings. The van der Waals surface area contributed by atoms with Crippen LogP contribution in [0.15, 0.2) is 101 Å². The highest BCUT2D eigenvalue weighted by Gasteiger charge is 2.60. The standard InChI is InChI=1S/C30H30FN2O10P/c1-39-22-12-8-20(9-13-22)29(19-6-4-3-5-7-19,21-10-14-23(40-2)15-11-21)41-18-24-30(36,43-44(37)38)26(31)27(42-24)33-17-16-25(34)32-28(33)35/h3-17,24,26-27,36,44H,18H2,1-2H3,(H,37,38)(H,32,34,35)/t24-,26+,27-,30-/m1/s1. The maximum Gasteiger partial charge on any atom is 0.330 e. The Bertz CT molecular complexity index is 1670. The van der Waals surface area contributed by atoms with Gasteiger partial charge in [0.25, 0.3) is 5.56 Å². The number of H-pyrrole nitrogens is 1. The third-order valence-electron chi connectivity index (χ3n) is 7.41. The van der Waals surface area contributed by atoms with Crippen LogP contribution in [-0.2, 0) is 24.2 Å². The van der Waals surface area contributed by atoms with E-state index in [1.807, 2.05) is 23.2 Å². The van der Waals surface area contributed by atoms with Crippen LogP contribution in [0, 0.1) is 0 Å². The second-order valence-electron chi connectivity index (χ2n) is 9.87. The third-order valence-corrected chi connectivity index (χ3v) is 7.91. The Labute approximate surface area is 251 Å². The first-order valence-electron chi connectivity index (χ1n) is 13.4. The van der Waals surface area contributed by atoms with Crippen LogP contribution < -0.4 is 20.7 Å². The molecule has 5 atom stereocenters. The summed E-state index contributed by atoms with van der Waals surface area (Å²) in [6, 6.07) is 24.1. The summed E-state index contributed by atoms with van der Waals surface area (Å²) in [4.78, 5) is 35.6. The van der Waals surface area contributed by atoms with Crippen molar-refractivity contribution in [2.24, 2.45) is 0 Å². The molecule has 1 fully saturated rings. The van der Waals surface area contributed by atoms with Crippen molar-refractivity contribution in [1.29, 1.82) is 0 Å². The van der Waals surface area contributed by atoms with E-state index in [0.717, 1.165) is 12.3 Å². The van der Waals surface area contributed by atoms with E-state index in [-0.39, 0.29) is 0 Å². The van der Waals surface area contributed by atoms with E-state index in [4.69, 9.17) is 23.5 Å². The van der Waals surface area contributed by atoms with Crippen LogP contribution in [0.25, 0.3) is 0 Å². The van der Waals surface area contributed by atoms with Crippen LogP contribution in [0.3, 0.4) is 0 Å². The molecule has 0 radical (unpaired) electrons. The van der Waals surface area contributed by atoms with Crippen molar-refractivity contribution in [3.63, 3.8) is 0 Å². The minimum atomic E-state index is -3.93. The first kappa shape index (κ1) is 31.3. The number of rotatable bonds is 11. The Kier molecular flexibility index (Phi) is 9.16. The molecule has 1 aromatic heterocycles. The molecule has 0 saturated carbocycles. The Balaban J connectivity index is 1.63. The number of nitrogens with zero attached hydrogens (tertiary/aromatic N) is 1. The van der Waals surface area contributed by atoms with E-state index in [0.29, 0.717) is 32.8 Å². The molecule has 44 heavy (non-hydrogen) atoms. The van der Waals surface area contributed by atoms with Gasteiger partial charge in [-0.05, 0) is 41.0 Å². The average molecular weight is 629 g/mol. The Morgan fingerprint density at radius 2 is 1.48 bits per heavy atom. The molecule has 3 aromatic carbocycles. The number of aromatic amines is 1. The van der Waals surface area contributed by atoms with Crippen LogP contribution in [0.5, 0.6) is 11.5 Å². The maximum absolute atomic E-state index is 15.9. The first-order valence-corrected chi connectivity index (χ1v) is 14.6. The van der Waals surface area contributed by atoms with Gasteiger partial charge in [-0.15, -0.1) is 0 Å². The number of hydrogen-bond donors (Lipinski definition) is 3. The molecule has 12 nitrogen and oxygen atoms in total. The fraction of sp³-hybridized carbons (Fsp3) is 0.267. The molecule has 5 rings (SSSR count). The summed E-state index contributed by atoms with van der Waals surface area (Å²) in [5.74, 6) is -1.86. The smallest absolute Gasteiger partial charge is 0.330 e. The van der Waals surface area contributed by atoms with Gasteiger partial charge in [0.05, 0.1) is 20.8 Å². The zero-order valence-electron chi connectivity index (χ0n) is 23.6. The van der Waals surface area contributed by atoms with Crippen molar-refractivity contribution in [3.05, 3.63) is 129 Å². The second-order valence-corrected chi connectivity index (χ2v) is 10.6. The molecule has 1 saturated heterocycles. The molecule has 1 unspecified atom stereocenters. The number of nitrogens with one attached hydrogen (secondary N) is 1. The highest BCUT2D eigenvalue weighted by molar-refractivity contribution is 7.32. The summed E-state index contributed by atoms with van der Waals surface area (Å²) in [5, 5.41) is 11.4.